The fourth-order valence-electron chi connectivity index (χ4n) is 1.53. The molecule has 0 atom stereocenters. The highest BCUT2D eigenvalue weighted by Crippen LogP contribution is 2.24. The first-order valence-electron chi connectivity index (χ1n) is 5.47. The third-order valence-corrected chi connectivity index (χ3v) is 4.17. The zero-order valence-electron chi connectivity index (χ0n) is 10.2. The van der Waals surface area contributed by atoms with E-state index in [0.717, 1.165) is 0 Å². The van der Waals surface area contributed by atoms with Gasteiger partial charge in [-0.1, -0.05) is 23.2 Å². The van der Waals surface area contributed by atoms with Crippen LogP contribution in [0.1, 0.15) is 10.4 Å². The predicted octanol–water partition coefficient (Wildman–Crippen LogP) is 2.89. The van der Waals surface area contributed by atoms with E-state index >= 15 is 0 Å². The van der Waals surface area contributed by atoms with Gasteiger partial charge in [-0.2, -0.15) is 0 Å². The molecule has 0 amide bonds. The summed E-state index contributed by atoms with van der Waals surface area (Å²) in [5, 5.41) is 9.29. The fraction of sp³-hybridized carbons (Fsp3) is 0. The lowest BCUT2D eigenvalue weighted by atomic mass is 10.3. The third-order valence-electron chi connectivity index (χ3n) is 2.42. The minimum atomic E-state index is -4.06. The molecular weight excluding hydrogens is 339 g/mol. The Labute approximate surface area is 130 Å². The first-order chi connectivity index (χ1) is 9.79. The maximum absolute atomic E-state index is 12.2. The molecule has 0 radical (unpaired) electrons. The Kier molecular flexibility index (Phi) is 4.36. The molecule has 0 fully saturated rings. The van der Waals surface area contributed by atoms with Crippen molar-refractivity contribution in [1.82, 2.24) is 4.98 Å². The Morgan fingerprint density at radius 2 is 1.81 bits per heavy atom. The molecule has 6 nitrogen and oxygen atoms in total. The molecule has 0 bridgehead atoms. The number of nitrogens with zero attached hydrogens (tertiary/aromatic N) is 1. The standard InChI is InChI=1S/C12H8Cl2N2O4S/c13-7-4-8(14)6-9(5-7)21(19,20)16-11-10(12(17)18)2-1-3-15-11/h1-6H,(H,15,16)(H,17,18). The Morgan fingerprint density at radius 1 is 1.19 bits per heavy atom. The molecule has 0 unspecified atom stereocenters. The summed E-state index contributed by atoms with van der Waals surface area (Å²) in [5.74, 6) is -1.59. The van der Waals surface area contributed by atoms with Crippen LogP contribution in [0.4, 0.5) is 5.82 Å². The summed E-state index contributed by atoms with van der Waals surface area (Å²) in [5.41, 5.74) is -0.269. The van der Waals surface area contributed by atoms with E-state index in [-0.39, 0.29) is 26.3 Å². The largest absolute Gasteiger partial charge is 0.478 e. The second-order valence-electron chi connectivity index (χ2n) is 3.92. The monoisotopic (exact) mass is 346 g/mol. The molecule has 21 heavy (non-hydrogen) atoms. The van der Waals surface area contributed by atoms with Crippen molar-refractivity contribution in [3.05, 3.63) is 52.1 Å². The SMILES string of the molecule is O=C(O)c1cccnc1NS(=O)(=O)c1cc(Cl)cc(Cl)c1. The summed E-state index contributed by atoms with van der Waals surface area (Å²) in [6.07, 6.45) is 1.27. The maximum Gasteiger partial charge on any atom is 0.339 e. The molecule has 0 aliphatic carbocycles. The molecule has 2 N–H and O–H groups in total. The van der Waals surface area contributed by atoms with Crippen LogP contribution in [-0.2, 0) is 10.0 Å². The van der Waals surface area contributed by atoms with Crippen molar-refractivity contribution in [2.75, 3.05) is 4.72 Å². The number of benzene rings is 1. The minimum absolute atomic E-state index is 0.141. The summed E-state index contributed by atoms with van der Waals surface area (Å²) in [4.78, 5) is 14.6. The van der Waals surface area contributed by atoms with Gasteiger partial charge in [0.05, 0.1) is 4.90 Å². The van der Waals surface area contributed by atoms with Gasteiger partial charge in [0.2, 0.25) is 0 Å². The molecule has 0 aliphatic heterocycles. The number of halogens is 2. The molecule has 2 aromatic rings. The molecule has 0 saturated carbocycles. The molecule has 1 aromatic carbocycles. The van der Waals surface area contributed by atoms with Gasteiger partial charge in [0.15, 0.2) is 5.82 Å². The number of hydrogen-bond donors (Lipinski definition) is 2. The average Bonchev–Trinajstić information content (AvgIpc) is 2.37. The number of anilines is 1. The van der Waals surface area contributed by atoms with Crippen LogP contribution in [0.2, 0.25) is 10.0 Å². The third kappa shape index (κ3) is 3.63. The zero-order chi connectivity index (χ0) is 15.6. The highest BCUT2D eigenvalue weighted by Gasteiger charge is 2.20. The van der Waals surface area contributed by atoms with Gasteiger partial charge < -0.3 is 5.11 Å². The number of carbonyl (C=O) groups is 1. The van der Waals surface area contributed by atoms with E-state index in [4.69, 9.17) is 28.3 Å². The van der Waals surface area contributed by atoms with Gasteiger partial charge in [0, 0.05) is 16.2 Å². The Bertz CT molecular complexity index is 788. The minimum Gasteiger partial charge on any atom is -0.478 e. The zero-order valence-corrected chi connectivity index (χ0v) is 12.6. The van der Waals surface area contributed by atoms with Gasteiger partial charge in [-0.15, -0.1) is 0 Å². The second kappa shape index (κ2) is 5.88. The fourth-order valence-corrected chi connectivity index (χ4v) is 3.28. The van der Waals surface area contributed by atoms with Crippen molar-refractivity contribution in [2.45, 2.75) is 4.90 Å². The van der Waals surface area contributed by atoms with Crippen LogP contribution in [0.25, 0.3) is 0 Å². The molecule has 9 heteroatoms. The Balaban J connectivity index is 2.45. The first kappa shape index (κ1) is 15.6. The number of aromatic nitrogens is 1. The Hall–Kier alpha value is -1.83. The number of aromatic carboxylic acids is 1. The van der Waals surface area contributed by atoms with E-state index in [1.165, 1.54) is 36.5 Å². The van der Waals surface area contributed by atoms with Crippen molar-refractivity contribution < 1.29 is 18.3 Å². The summed E-state index contributed by atoms with van der Waals surface area (Å²) in [7, 11) is -4.06. The molecule has 0 saturated heterocycles. The van der Waals surface area contributed by atoms with Gasteiger partial charge in [0.25, 0.3) is 10.0 Å². The number of rotatable bonds is 4. The molecule has 1 heterocycles. The van der Waals surface area contributed by atoms with Crippen LogP contribution in [-0.4, -0.2) is 24.5 Å². The number of nitrogens with one attached hydrogen (secondary N) is 1. The smallest absolute Gasteiger partial charge is 0.339 e. The molecule has 0 aliphatic rings. The van der Waals surface area contributed by atoms with Crippen LogP contribution in [0.3, 0.4) is 0 Å². The van der Waals surface area contributed by atoms with E-state index in [1.807, 2.05) is 0 Å². The first-order valence-corrected chi connectivity index (χ1v) is 7.71. The number of hydrogen-bond acceptors (Lipinski definition) is 4. The van der Waals surface area contributed by atoms with E-state index in [0.29, 0.717) is 0 Å². The highest BCUT2D eigenvalue weighted by molar-refractivity contribution is 7.92. The number of carboxylic acids is 1. The predicted molar refractivity (Wildman–Crippen MR) is 78.5 cm³/mol. The topological polar surface area (TPSA) is 96.4 Å². The maximum atomic E-state index is 12.2. The highest BCUT2D eigenvalue weighted by atomic mass is 35.5. The lowest BCUT2D eigenvalue weighted by Crippen LogP contribution is -2.16. The Morgan fingerprint density at radius 3 is 2.38 bits per heavy atom. The summed E-state index contributed by atoms with van der Waals surface area (Å²) in [6, 6.07) is 6.39. The van der Waals surface area contributed by atoms with E-state index in [1.54, 1.807) is 0 Å². The van der Waals surface area contributed by atoms with Crippen LogP contribution in [0.5, 0.6) is 0 Å². The van der Waals surface area contributed by atoms with Gasteiger partial charge >= 0.3 is 5.97 Å². The van der Waals surface area contributed by atoms with Crippen LogP contribution in [0, 0.1) is 0 Å². The van der Waals surface area contributed by atoms with E-state index in [2.05, 4.69) is 9.71 Å². The number of pyridine rings is 1. The summed E-state index contributed by atoms with van der Waals surface area (Å²) in [6.45, 7) is 0. The summed E-state index contributed by atoms with van der Waals surface area (Å²) < 4.78 is 26.5. The summed E-state index contributed by atoms with van der Waals surface area (Å²) >= 11 is 11.5. The van der Waals surface area contributed by atoms with Crippen molar-refractivity contribution >= 4 is 45.0 Å². The van der Waals surface area contributed by atoms with E-state index in [9.17, 15) is 13.2 Å². The molecule has 2 rings (SSSR count). The van der Waals surface area contributed by atoms with Crippen molar-refractivity contribution in [3.8, 4) is 0 Å². The van der Waals surface area contributed by atoms with Gasteiger partial charge in [-0.25, -0.2) is 18.2 Å². The normalized spacial score (nSPS) is 11.1. The van der Waals surface area contributed by atoms with E-state index < -0.39 is 16.0 Å². The average molecular weight is 347 g/mol. The molecule has 110 valence electrons. The van der Waals surface area contributed by atoms with Crippen LogP contribution >= 0.6 is 23.2 Å². The van der Waals surface area contributed by atoms with Crippen LogP contribution in [0.15, 0.2) is 41.4 Å². The number of sulfonamides is 1. The van der Waals surface area contributed by atoms with Crippen molar-refractivity contribution in [2.24, 2.45) is 0 Å². The lowest BCUT2D eigenvalue weighted by Gasteiger charge is -2.10. The molecule has 0 spiro atoms. The molecule has 1 aromatic heterocycles. The quantitative estimate of drug-likeness (QED) is 0.887. The van der Waals surface area contributed by atoms with Crippen LogP contribution < -0.4 is 4.72 Å². The van der Waals surface area contributed by atoms with Gasteiger partial charge in [-0.3, -0.25) is 4.72 Å². The second-order valence-corrected chi connectivity index (χ2v) is 6.47. The van der Waals surface area contributed by atoms with Crippen molar-refractivity contribution in [1.29, 1.82) is 0 Å². The number of carboxylic acid groups (broad SMARTS) is 1. The van der Waals surface area contributed by atoms with Gasteiger partial charge in [0.1, 0.15) is 5.56 Å². The molecular formula is C12H8Cl2N2O4S. The van der Waals surface area contributed by atoms with Gasteiger partial charge in [-0.05, 0) is 30.3 Å². The van der Waals surface area contributed by atoms with Crippen molar-refractivity contribution in [3.63, 3.8) is 0 Å². The lowest BCUT2D eigenvalue weighted by molar-refractivity contribution is 0.0697.